The van der Waals surface area contributed by atoms with E-state index in [1.807, 2.05) is 0 Å². The number of carbonyl (C=O) groups is 1. The molecule has 0 amide bonds. The van der Waals surface area contributed by atoms with E-state index in [2.05, 4.69) is 5.32 Å². The van der Waals surface area contributed by atoms with Crippen LogP contribution >= 0.6 is 0 Å². The van der Waals surface area contributed by atoms with Gasteiger partial charge in [0.2, 0.25) is 5.76 Å². The van der Waals surface area contributed by atoms with E-state index in [-0.39, 0.29) is 12.4 Å². The molecular formula is C9H13NO4. The molecule has 0 saturated heterocycles. The van der Waals surface area contributed by atoms with Crippen molar-refractivity contribution in [3.63, 3.8) is 0 Å². The Balaban J connectivity index is 2.62. The third-order valence-corrected chi connectivity index (χ3v) is 1.75. The SMILES string of the molecule is Cc1cc(CNCCO)oc1C(=O)O. The molecule has 5 nitrogen and oxygen atoms in total. The summed E-state index contributed by atoms with van der Waals surface area (Å²) in [7, 11) is 0. The number of hydrogen-bond acceptors (Lipinski definition) is 4. The lowest BCUT2D eigenvalue weighted by atomic mass is 10.2. The summed E-state index contributed by atoms with van der Waals surface area (Å²) >= 11 is 0. The lowest BCUT2D eigenvalue weighted by molar-refractivity contribution is 0.0659. The van der Waals surface area contributed by atoms with E-state index >= 15 is 0 Å². The Kier molecular flexibility index (Phi) is 3.67. The summed E-state index contributed by atoms with van der Waals surface area (Å²) < 4.78 is 5.08. The number of hydrogen-bond donors (Lipinski definition) is 3. The summed E-state index contributed by atoms with van der Waals surface area (Å²) in [5.41, 5.74) is 0.610. The van der Waals surface area contributed by atoms with Gasteiger partial charge in [0.15, 0.2) is 0 Å². The molecule has 0 aliphatic carbocycles. The third-order valence-electron chi connectivity index (χ3n) is 1.75. The first-order valence-electron chi connectivity index (χ1n) is 4.29. The average molecular weight is 199 g/mol. The Bertz CT molecular complexity index is 319. The van der Waals surface area contributed by atoms with Gasteiger partial charge < -0.3 is 19.9 Å². The minimum absolute atomic E-state index is 0.0224. The van der Waals surface area contributed by atoms with Gasteiger partial charge in [0.05, 0.1) is 13.2 Å². The second-order valence-electron chi connectivity index (χ2n) is 2.93. The van der Waals surface area contributed by atoms with Crippen molar-refractivity contribution in [1.82, 2.24) is 5.32 Å². The Morgan fingerprint density at radius 3 is 2.86 bits per heavy atom. The van der Waals surface area contributed by atoms with Gasteiger partial charge in [0, 0.05) is 12.1 Å². The quantitative estimate of drug-likeness (QED) is 0.597. The van der Waals surface area contributed by atoms with Gasteiger partial charge in [-0.1, -0.05) is 0 Å². The number of carboxylic acids is 1. The van der Waals surface area contributed by atoms with Gasteiger partial charge in [-0.2, -0.15) is 0 Å². The minimum atomic E-state index is -1.06. The number of aliphatic hydroxyl groups excluding tert-OH is 1. The molecule has 0 aromatic carbocycles. The van der Waals surface area contributed by atoms with E-state index in [4.69, 9.17) is 14.6 Å². The predicted octanol–water partition coefficient (Wildman–Crippen LogP) is 0.368. The fraction of sp³-hybridized carbons (Fsp3) is 0.444. The van der Waals surface area contributed by atoms with Crippen molar-refractivity contribution in [2.45, 2.75) is 13.5 Å². The summed E-state index contributed by atoms with van der Waals surface area (Å²) in [5.74, 6) is -0.518. The topological polar surface area (TPSA) is 82.7 Å². The molecule has 14 heavy (non-hydrogen) atoms. The first-order chi connectivity index (χ1) is 6.65. The predicted molar refractivity (Wildman–Crippen MR) is 49.2 cm³/mol. The first kappa shape index (κ1) is 10.7. The zero-order valence-electron chi connectivity index (χ0n) is 7.91. The molecule has 0 radical (unpaired) electrons. The zero-order chi connectivity index (χ0) is 10.6. The molecular weight excluding hydrogens is 186 g/mol. The molecule has 1 rings (SSSR count). The Labute approximate surface area is 81.4 Å². The molecule has 1 aromatic rings. The third kappa shape index (κ3) is 2.58. The molecule has 0 atom stereocenters. The van der Waals surface area contributed by atoms with Crippen molar-refractivity contribution in [3.05, 3.63) is 23.2 Å². The normalized spacial score (nSPS) is 10.4. The van der Waals surface area contributed by atoms with Crippen molar-refractivity contribution in [2.24, 2.45) is 0 Å². The van der Waals surface area contributed by atoms with Gasteiger partial charge in [-0.25, -0.2) is 4.79 Å². The summed E-state index contributed by atoms with van der Waals surface area (Å²) in [4.78, 5) is 10.6. The highest BCUT2D eigenvalue weighted by molar-refractivity contribution is 5.86. The van der Waals surface area contributed by atoms with Gasteiger partial charge in [0.25, 0.3) is 0 Å². The van der Waals surface area contributed by atoms with Crippen LogP contribution in [-0.4, -0.2) is 29.3 Å². The molecule has 3 N–H and O–H groups in total. The van der Waals surface area contributed by atoms with Crippen LogP contribution in [0.5, 0.6) is 0 Å². The fourth-order valence-electron chi connectivity index (χ4n) is 1.14. The van der Waals surface area contributed by atoms with E-state index < -0.39 is 5.97 Å². The number of carboxylic acid groups (broad SMARTS) is 1. The number of furan rings is 1. The molecule has 0 saturated carbocycles. The monoisotopic (exact) mass is 199 g/mol. The van der Waals surface area contributed by atoms with Gasteiger partial charge in [-0.3, -0.25) is 0 Å². The molecule has 5 heteroatoms. The van der Waals surface area contributed by atoms with Crippen LogP contribution in [0, 0.1) is 6.92 Å². The molecule has 78 valence electrons. The lowest BCUT2D eigenvalue weighted by Crippen LogP contribution is -2.16. The van der Waals surface area contributed by atoms with Crippen LogP contribution in [0.3, 0.4) is 0 Å². The molecule has 1 aromatic heterocycles. The van der Waals surface area contributed by atoms with E-state index in [0.717, 1.165) is 0 Å². The van der Waals surface area contributed by atoms with E-state index in [0.29, 0.717) is 24.4 Å². The maximum Gasteiger partial charge on any atom is 0.372 e. The standard InChI is InChI=1S/C9H13NO4/c1-6-4-7(5-10-2-3-11)14-8(6)9(12)13/h4,10-11H,2-3,5H2,1H3,(H,12,13). The zero-order valence-corrected chi connectivity index (χ0v) is 7.91. The maximum absolute atomic E-state index is 10.6. The summed E-state index contributed by atoms with van der Waals surface area (Å²) in [6.07, 6.45) is 0. The molecule has 0 aliphatic heterocycles. The number of rotatable bonds is 5. The molecule has 0 bridgehead atoms. The molecule has 0 spiro atoms. The summed E-state index contributed by atoms with van der Waals surface area (Å²) in [6.45, 7) is 2.62. The summed E-state index contributed by atoms with van der Waals surface area (Å²) in [6, 6.07) is 1.67. The number of aliphatic hydroxyl groups is 1. The lowest BCUT2D eigenvalue weighted by Gasteiger charge is -1.97. The Morgan fingerprint density at radius 1 is 1.64 bits per heavy atom. The number of aromatic carboxylic acids is 1. The van der Waals surface area contributed by atoms with E-state index in [9.17, 15) is 4.79 Å². The first-order valence-corrected chi connectivity index (χ1v) is 4.29. The van der Waals surface area contributed by atoms with Gasteiger partial charge in [0.1, 0.15) is 5.76 Å². The highest BCUT2D eigenvalue weighted by Gasteiger charge is 2.13. The van der Waals surface area contributed by atoms with Crippen LogP contribution in [0.25, 0.3) is 0 Å². The molecule has 1 heterocycles. The van der Waals surface area contributed by atoms with Crippen LogP contribution in [0.2, 0.25) is 0 Å². The molecule has 0 aliphatic rings. The number of nitrogens with one attached hydrogen (secondary N) is 1. The van der Waals surface area contributed by atoms with Gasteiger partial charge >= 0.3 is 5.97 Å². The van der Waals surface area contributed by atoms with Crippen molar-refractivity contribution >= 4 is 5.97 Å². The maximum atomic E-state index is 10.6. The second-order valence-corrected chi connectivity index (χ2v) is 2.93. The van der Waals surface area contributed by atoms with Crippen molar-refractivity contribution in [3.8, 4) is 0 Å². The second kappa shape index (κ2) is 4.78. The molecule has 0 fully saturated rings. The van der Waals surface area contributed by atoms with Gasteiger partial charge in [-0.15, -0.1) is 0 Å². The fourth-order valence-corrected chi connectivity index (χ4v) is 1.14. The van der Waals surface area contributed by atoms with Crippen molar-refractivity contribution < 1.29 is 19.4 Å². The van der Waals surface area contributed by atoms with Crippen LogP contribution in [0.15, 0.2) is 10.5 Å². The minimum Gasteiger partial charge on any atom is -0.475 e. The largest absolute Gasteiger partial charge is 0.475 e. The van der Waals surface area contributed by atoms with Gasteiger partial charge in [-0.05, 0) is 13.0 Å². The van der Waals surface area contributed by atoms with E-state index in [1.54, 1.807) is 13.0 Å². The summed E-state index contributed by atoms with van der Waals surface area (Å²) in [5, 5.41) is 20.1. The van der Waals surface area contributed by atoms with Crippen LogP contribution < -0.4 is 5.32 Å². The van der Waals surface area contributed by atoms with E-state index in [1.165, 1.54) is 0 Å². The molecule has 0 unspecified atom stereocenters. The highest BCUT2D eigenvalue weighted by Crippen LogP contribution is 2.14. The van der Waals surface area contributed by atoms with Crippen LogP contribution in [0.1, 0.15) is 21.9 Å². The van der Waals surface area contributed by atoms with Crippen molar-refractivity contribution in [2.75, 3.05) is 13.2 Å². The average Bonchev–Trinajstić information content (AvgIpc) is 2.47. The van der Waals surface area contributed by atoms with Crippen molar-refractivity contribution in [1.29, 1.82) is 0 Å². The Hall–Kier alpha value is -1.33. The smallest absolute Gasteiger partial charge is 0.372 e. The number of aryl methyl sites for hydroxylation is 1. The highest BCUT2D eigenvalue weighted by atomic mass is 16.4. The Morgan fingerprint density at radius 2 is 2.36 bits per heavy atom. The van der Waals surface area contributed by atoms with Crippen LogP contribution in [0.4, 0.5) is 0 Å². The van der Waals surface area contributed by atoms with Crippen LogP contribution in [-0.2, 0) is 6.54 Å².